The van der Waals surface area contributed by atoms with Crippen LogP contribution in [0.15, 0.2) is 0 Å². The first-order valence-electron chi connectivity index (χ1n) is 4.72. The number of aliphatic hydroxyl groups excluding tert-OH is 2. The van der Waals surface area contributed by atoms with Gasteiger partial charge in [-0.05, 0) is 0 Å². The lowest BCUT2D eigenvalue weighted by molar-refractivity contribution is -0.302. The van der Waals surface area contributed by atoms with Crippen LogP contribution in [0.3, 0.4) is 0 Å². The van der Waals surface area contributed by atoms with Crippen LogP contribution in [-0.2, 0) is 18.9 Å². The summed E-state index contributed by atoms with van der Waals surface area (Å²) in [4.78, 5) is 0. The second kappa shape index (κ2) is 5.74. The van der Waals surface area contributed by atoms with Crippen LogP contribution in [0.2, 0.25) is 0 Å². The minimum Gasteiger partial charge on any atom is -0.394 e. The molecule has 0 saturated carbocycles. The van der Waals surface area contributed by atoms with Crippen LogP contribution in [0.25, 0.3) is 0 Å². The standard InChI is InChI=1S/C9H18O6/c1-12-7-5(4-10)15-9(14-3)8(13-2)6(7)11/h5-11H,4H2,1-3H3. The number of hydrogen-bond donors (Lipinski definition) is 2. The van der Waals surface area contributed by atoms with E-state index >= 15 is 0 Å². The highest BCUT2D eigenvalue weighted by Crippen LogP contribution is 2.25. The van der Waals surface area contributed by atoms with E-state index in [1.807, 2.05) is 0 Å². The van der Waals surface area contributed by atoms with Crippen LogP contribution < -0.4 is 0 Å². The van der Waals surface area contributed by atoms with Gasteiger partial charge in [-0.15, -0.1) is 0 Å². The Labute approximate surface area is 88.7 Å². The molecule has 0 aliphatic carbocycles. The summed E-state index contributed by atoms with van der Waals surface area (Å²) in [6, 6.07) is 0. The molecular formula is C9H18O6. The quantitative estimate of drug-likeness (QED) is 0.618. The van der Waals surface area contributed by atoms with Gasteiger partial charge in [-0.2, -0.15) is 0 Å². The molecule has 0 amide bonds. The maximum atomic E-state index is 9.91. The minimum atomic E-state index is -0.893. The van der Waals surface area contributed by atoms with Crippen LogP contribution in [0.5, 0.6) is 0 Å². The van der Waals surface area contributed by atoms with Crippen LogP contribution in [-0.4, -0.2) is 68.9 Å². The van der Waals surface area contributed by atoms with Crippen molar-refractivity contribution >= 4 is 0 Å². The molecule has 1 fully saturated rings. The van der Waals surface area contributed by atoms with Crippen LogP contribution in [0.1, 0.15) is 0 Å². The van der Waals surface area contributed by atoms with Gasteiger partial charge in [0, 0.05) is 21.3 Å². The van der Waals surface area contributed by atoms with Gasteiger partial charge in [-0.3, -0.25) is 0 Å². The van der Waals surface area contributed by atoms with Crippen molar-refractivity contribution in [3.05, 3.63) is 0 Å². The molecule has 0 radical (unpaired) electrons. The number of aliphatic hydroxyl groups is 2. The lowest BCUT2D eigenvalue weighted by Crippen LogP contribution is -2.60. The number of hydrogen-bond acceptors (Lipinski definition) is 6. The molecular weight excluding hydrogens is 204 g/mol. The van der Waals surface area contributed by atoms with Crippen molar-refractivity contribution in [2.24, 2.45) is 0 Å². The van der Waals surface area contributed by atoms with E-state index in [-0.39, 0.29) is 6.61 Å². The highest BCUT2D eigenvalue weighted by molar-refractivity contribution is 4.90. The molecule has 0 aromatic rings. The number of ether oxygens (including phenoxy) is 4. The molecule has 6 nitrogen and oxygen atoms in total. The highest BCUT2D eigenvalue weighted by atomic mass is 16.7. The molecule has 6 heteroatoms. The third kappa shape index (κ3) is 2.47. The molecule has 1 rings (SSSR count). The first kappa shape index (κ1) is 12.8. The lowest BCUT2D eigenvalue weighted by atomic mass is 9.99. The minimum absolute atomic E-state index is 0.244. The van der Waals surface area contributed by atoms with Gasteiger partial charge in [-0.1, -0.05) is 0 Å². The Balaban J connectivity index is 2.76. The van der Waals surface area contributed by atoms with E-state index in [2.05, 4.69) is 0 Å². The van der Waals surface area contributed by atoms with Gasteiger partial charge in [0.15, 0.2) is 6.29 Å². The highest BCUT2D eigenvalue weighted by Gasteiger charge is 2.45. The van der Waals surface area contributed by atoms with Crippen molar-refractivity contribution in [3.8, 4) is 0 Å². The van der Waals surface area contributed by atoms with Crippen molar-refractivity contribution < 1.29 is 29.2 Å². The molecule has 0 bridgehead atoms. The Kier molecular flexibility index (Phi) is 4.91. The van der Waals surface area contributed by atoms with Gasteiger partial charge < -0.3 is 29.2 Å². The molecule has 5 atom stereocenters. The Bertz CT molecular complexity index is 169. The van der Waals surface area contributed by atoms with E-state index < -0.39 is 30.7 Å². The van der Waals surface area contributed by atoms with Crippen molar-refractivity contribution in [2.75, 3.05) is 27.9 Å². The van der Waals surface area contributed by atoms with Crippen LogP contribution in [0.4, 0.5) is 0 Å². The fraction of sp³-hybridized carbons (Fsp3) is 1.00. The first-order valence-corrected chi connectivity index (χ1v) is 4.72. The smallest absolute Gasteiger partial charge is 0.186 e. The zero-order valence-corrected chi connectivity index (χ0v) is 9.12. The molecule has 15 heavy (non-hydrogen) atoms. The van der Waals surface area contributed by atoms with Crippen molar-refractivity contribution in [3.63, 3.8) is 0 Å². The van der Waals surface area contributed by atoms with Crippen LogP contribution in [0, 0.1) is 0 Å². The van der Waals surface area contributed by atoms with E-state index in [1.54, 1.807) is 0 Å². The SMILES string of the molecule is COC1OC(CO)C(OC)C(O)C1OC. The van der Waals surface area contributed by atoms with E-state index in [0.29, 0.717) is 0 Å². The molecule has 0 aromatic heterocycles. The van der Waals surface area contributed by atoms with E-state index in [4.69, 9.17) is 24.1 Å². The molecule has 1 aliphatic heterocycles. The number of methoxy groups -OCH3 is 3. The zero-order valence-electron chi connectivity index (χ0n) is 9.12. The third-order valence-electron chi connectivity index (χ3n) is 2.57. The molecule has 5 unspecified atom stereocenters. The maximum Gasteiger partial charge on any atom is 0.186 e. The van der Waals surface area contributed by atoms with Crippen molar-refractivity contribution in [1.29, 1.82) is 0 Å². The van der Waals surface area contributed by atoms with Crippen molar-refractivity contribution in [2.45, 2.75) is 30.7 Å². The predicted molar refractivity (Wildman–Crippen MR) is 50.4 cm³/mol. The molecule has 1 saturated heterocycles. The summed E-state index contributed by atoms with van der Waals surface area (Å²) in [5.74, 6) is 0. The second-order valence-electron chi connectivity index (χ2n) is 3.35. The lowest BCUT2D eigenvalue weighted by Gasteiger charge is -2.42. The Morgan fingerprint density at radius 3 is 2.07 bits per heavy atom. The van der Waals surface area contributed by atoms with Gasteiger partial charge >= 0.3 is 0 Å². The summed E-state index contributed by atoms with van der Waals surface area (Å²) in [5.41, 5.74) is 0. The van der Waals surface area contributed by atoms with Gasteiger partial charge in [0.1, 0.15) is 24.4 Å². The molecule has 1 heterocycles. The zero-order chi connectivity index (χ0) is 11.4. The Morgan fingerprint density at radius 1 is 1.07 bits per heavy atom. The summed E-state index contributed by atoms with van der Waals surface area (Å²) in [7, 11) is 4.35. The topological polar surface area (TPSA) is 77.4 Å². The molecule has 2 N–H and O–H groups in total. The van der Waals surface area contributed by atoms with E-state index in [9.17, 15) is 5.11 Å². The second-order valence-corrected chi connectivity index (χ2v) is 3.35. The van der Waals surface area contributed by atoms with Crippen molar-refractivity contribution in [1.82, 2.24) is 0 Å². The van der Waals surface area contributed by atoms with Gasteiger partial charge in [0.2, 0.25) is 0 Å². The summed E-state index contributed by atoms with van der Waals surface area (Å²) in [6.45, 7) is -0.244. The normalized spacial score (nSPS) is 41.8. The fourth-order valence-corrected chi connectivity index (χ4v) is 1.77. The Morgan fingerprint density at radius 2 is 1.67 bits per heavy atom. The maximum absolute atomic E-state index is 9.91. The van der Waals surface area contributed by atoms with E-state index in [1.165, 1.54) is 21.3 Å². The van der Waals surface area contributed by atoms with Gasteiger partial charge in [0.25, 0.3) is 0 Å². The Hall–Kier alpha value is -0.240. The summed E-state index contributed by atoms with van der Waals surface area (Å²) in [6.07, 6.45) is -3.44. The monoisotopic (exact) mass is 222 g/mol. The molecule has 0 aromatic carbocycles. The summed E-state index contributed by atoms with van der Waals surface area (Å²) < 4.78 is 20.5. The average molecular weight is 222 g/mol. The molecule has 0 spiro atoms. The van der Waals surface area contributed by atoms with Crippen LogP contribution >= 0.6 is 0 Å². The third-order valence-corrected chi connectivity index (χ3v) is 2.57. The fourth-order valence-electron chi connectivity index (χ4n) is 1.77. The molecule has 1 aliphatic rings. The van der Waals surface area contributed by atoms with Gasteiger partial charge in [0.05, 0.1) is 6.61 Å². The van der Waals surface area contributed by atoms with Gasteiger partial charge in [-0.25, -0.2) is 0 Å². The average Bonchev–Trinajstić information content (AvgIpc) is 2.27. The summed E-state index contributed by atoms with van der Waals surface area (Å²) >= 11 is 0. The first-order chi connectivity index (χ1) is 7.19. The molecule has 90 valence electrons. The largest absolute Gasteiger partial charge is 0.394 e. The summed E-state index contributed by atoms with van der Waals surface area (Å²) in [5, 5.41) is 19.0. The predicted octanol–water partition coefficient (Wildman–Crippen LogP) is -1.26. The van der Waals surface area contributed by atoms with E-state index in [0.717, 1.165) is 0 Å². The number of rotatable bonds is 4.